The summed E-state index contributed by atoms with van der Waals surface area (Å²) in [6, 6.07) is 4.29. The number of nitrogens with one attached hydrogen (secondary N) is 1. The molecule has 118 valence electrons. The first-order chi connectivity index (χ1) is 10.1. The van der Waals surface area contributed by atoms with Gasteiger partial charge in [0.25, 0.3) is 0 Å². The van der Waals surface area contributed by atoms with Crippen LogP contribution in [0.1, 0.15) is 45.1 Å². The minimum atomic E-state index is 0.675. The molecular weight excluding hydrogens is 394 g/mol. The van der Waals surface area contributed by atoms with Crippen molar-refractivity contribution in [2.75, 3.05) is 13.2 Å². The zero-order chi connectivity index (χ0) is 15.2. The molecule has 0 aliphatic heterocycles. The van der Waals surface area contributed by atoms with Crippen molar-refractivity contribution < 1.29 is 4.74 Å². The smallest absolute Gasteiger partial charge is 0.147 e. The second-order valence-corrected chi connectivity index (χ2v) is 7.80. The molecule has 2 nitrogen and oxygen atoms in total. The molecule has 0 bridgehead atoms. The van der Waals surface area contributed by atoms with Crippen molar-refractivity contribution in [1.82, 2.24) is 5.32 Å². The summed E-state index contributed by atoms with van der Waals surface area (Å²) in [4.78, 5) is 0. The second-order valence-electron chi connectivity index (χ2n) is 6.09. The molecule has 1 fully saturated rings. The quantitative estimate of drug-likeness (QED) is 0.655. The Hall–Kier alpha value is -0.0600. The SMILES string of the molecule is CCOc1c(Br)cc(CNCC2CCCC(C)C2)cc1Br. The minimum absolute atomic E-state index is 0.675. The van der Waals surface area contributed by atoms with Gasteiger partial charge >= 0.3 is 0 Å². The maximum atomic E-state index is 5.62. The highest BCUT2D eigenvalue weighted by atomic mass is 79.9. The molecule has 0 spiro atoms. The molecule has 2 atom stereocenters. The van der Waals surface area contributed by atoms with Crippen molar-refractivity contribution in [3.05, 3.63) is 26.6 Å². The minimum Gasteiger partial charge on any atom is -0.492 e. The lowest BCUT2D eigenvalue weighted by molar-refractivity contribution is 0.274. The van der Waals surface area contributed by atoms with E-state index in [2.05, 4.69) is 56.2 Å². The highest BCUT2D eigenvalue weighted by Gasteiger charge is 2.18. The highest BCUT2D eigenvalue weighted by molar-refractivity contribution is 9.11. The fourth-order valence-electron chi connectivity index (χ4n) is 3.16. The molecular formula is C17H25Br2NO. The summed E-state index contributed by atoms with van der Waals surface area (Å²) in [5.74, 6) is 2.64. The number of ether oxygens (including phenoxy) is 1. The first kappa shape index (κ1) is 17.3. The van der Waals surface area contributed by atoms with Crippen LogP contribution < -0.4 is 10.1 Å². The van der Waals surface area contributed by atoms with Crippen LogP contribution in [-0.2, 0) is 6.54 Å². The van der Waals surface area contributed by atoms with Crippen molar-refractivity contribution in [2.45, 2.75) is 46.1 Å². The summed E-state index contributed by atoms with van der Waals surface area (Å²) in [6.07, 6.45) is 5.57. The van der Waals surface area contributed by atoms with E-state index in [0.29, 0.717) is 6.61 Å². The molecule has 0 saturated heterocycles. The lowest BCUT2D eigenvalue weighted by Crippen LogP contribution is -2.26. The van der Waals surface area contributed by atoms with E-state index in [-0.39, 0.29) is 0 Å². The van der Waals surface area contributed by atoms with Crippen LogP contribution in [0.25, 0.3) is 0 Å². The first-order valence-electron chi connectivity index (χ1n) is 7.91. The summed E-state index contributed by atoms with van der Waals surface area (Å²) in [7, 11) is 0. The predicted octanol–water partition coefficient (Wildman–Crippen LogP) is 5.53. The molecule has 1 saturated carbocycles. The number of hydrogen-bond donors (Lipinski definition) is 1. The van der Waals surface area contributed by atoms with E-state index >= 15 is 0 Å². The Morgan fingerprint density at radius 2 is 1.95 bits per heavy atom. The van der Waals surface area contributed by atoms with Gasteiger partial charge in [-0.1, -0.05) is 19.8 Å². The van der Waals surface area contributed by atoms with E-state index in [1.165, 1.54) is 31.2 Å². The van der Waals surface area contributed by atoms with Crippen LogP contribution >= 0.6 is 31.9 Å². The van der Waals surface area contributed by atoms with Gasteiger partial charge < -0.3 is 10.1 Å². The Labute approximate surface area is 145 Å². The molecule has 2 rings (SSSR count). The van der Waals surface area contributed by atoms with Crippen LogP contribution in [0.3, 0.4) is 0 Å². The van der Waals surface area contributed by atoms with Gasteiger partial charge in [0.2, 0.25) is 0 Å². The zero-order valence-corrected chi connectivity index (χ0v) is 16.1. The number of rotatable bonds is 6. The van der Waals surface area contributed by atoms with Crippen molar-refractivity contribution in [1.29, 1.82) is 0 Å². The van der Waals surface area contributed by atoms with Gasteiger partial charge in [-0.2, -0.15) is 0 Å². The van der Waals surface area contributed by atoms with Crippen LogP contribution in [0, 0.1) is 11.8 Å². The van der Waals surface area contributed by atoms with E-state index in [9.17, 15) is 0 Å². The molecule has 2 unspecified atom stereocenters. The lowest BCUT2D eigenvalue weighted by atomic mass is 9.82. The second kappa shape index (κ2) is 8.54. The predicted molar refractivity (Wildman–Crippen MR) is 95.8 cm³/mol. The van der Waals surface area contributed by atoms with Crippen LogP contribution in [0.4, 0.5) is 0 Å². The molecule has 0 aromatic heterocycles. The average Bonchev–Trinajstić information content (AvgIpc) is 2.43. The molecule has 1 aromatic carbocycles. The third-order valence-electron chi connectivity index (χ3n) is 4.15. The molecule has 1 aromatic rings. The highest BCUT2D eigenvalue weighted by Crippen LogP contribution is 2.35. The molecule has 4 heteroatoms. The van der Waals surface area contributed by atoms with Gasteiger partial charge in [0.05, 0.1) is 15.6 Å². The maximum Gasteiger partial charge on any atom is 0.147 e. The number of halogens is 2. The van der Waals surface area contributed by atoms with Gasteiger partial charge in [0.15, 0.2) is 0 Å². The van der Waals surface area contributed by atoms with Gasteiger partial charge in [-0.25, -0.2) is 0 Å². The Morgan fingerprint density at radius 3 is 2.57 bits per heavy atom. The van der Waals surface area contributed by atoms with E-state index in [1.807, 2.05) is 6.92 Å². The largest absolute Gasteiger partial charge is 0.492 e. The van der Waals surface area contributed by atoms with E-state index in [1.54, 1.807) is 0 Å². The Kier molecular flexibility index (Phi) is 7.03. The maximum absolute atomic E-state index is 5.62. The summed E-state index contributed by atoms with van der Waals surface area (Å²) in [6.45, 7) is 7.10. The van der Waals surface area contributed by atoms with Crippen LogP contribution in [0.5, 0.6) is 5.75 Å². The topological polar surface area (TPSA) is 21.3 Å². The monoisotopic (exact) mass is 417 g/mol. The molecule has 21 heavy (non-hydrogen) atoms. The fraction of sp³-hybridized carbons (Fsp3) is 0.647. The van der Waals surface area contributed by atoms with Gasteiger partial charge in [0.1, 0.15) is 5.75 Å². The zero-order valence-electron chi connectivity index (χ0n) is 12.9. The van der Waals surface area contributed by atoms with Crippen molar-refractivity contribution >= 4 is 31.9 Å². The van der Waals surface area contributed by atoms with Crippen molar-refractivity contribution in [3.63, 3.8) is 0 Å². The van der Waals surface area contributed by atoms with Crippen LogP contribution in [-0.4, -0.2) is 13.2 Å². The standard InChI is InChI=1S/C17H25Br2NO/c1-3-21-17-15(18)8-14(9-16(17)19)11-20-10-13-6-4-5-12(2)7-13/h8-9,12-13,20H,3-7,10-11H2,1-2H3. The molecule has 1 aliphatic carbocycles. The molecule has 0 amide bonds. The summed E-state index contributed by atoms with van der Waals surface area (Å²) >= 11 is 7.19. The van der Waals surface area contributed by atoms with Gasteiger partial charge in [-0.15, -0.1) is 0 Å². The first-order valence-corrected chi connectivity index (χ1v) is 9.50. The van der Waals surface area contributed by atoms with Gasteiger partial charge in [-0.3, -0.25) is 0 Å². The van der Waals surface area contributed by atoms with Gasteiger partial charge in [0, 0.05) is 6.54 Å². The van der Waals surface area contributed by atoms with Crippen LogP contribution in [0.15, 0.2) is 21.1 Å². The number of benzene rings is 1. The molecule has 0 radical (unpaired) electrons. The molecule has 1 aliphatic rings. The average molecular weight is 419 g/mol. The Morgan fingerprint density at radius 1 is 1.24 bits per heavy atom. The van der Waals surface area contributed by atoms with Crippen molar-refractivity contribution in [2.24, 2.45) is 11.8 Å². The third-order valence-corrected chi connectivity index (χ3v) is 5.33. The lowest BCUT2D eigenvalue weighted by Gasteiger charge is -2.26. The van der Waals surface area contributed by atoms with E-state index in [4.69, 9.17) is 4.74 Å². The Bertz CT molecular complexity index is 441. The summed E-state index contributed by atoms with van der Waals surface area (Å²) < 4.78 is 7.65. The third kappa shape index (κ3) is 5.26. The van der Waals surface area contributed by atoms with Crippen molar-refractivity contribution in [3.8, 4) is 5.75 Å². The normalized spacial score (nSPS) is 22.3. The van der Waals surface area contributed by atoms with E-state index < -0.39 is 0 Å². The fourth-order valence-corrected chi connectivity index (χ4v) is 4.67. The molecule has 1 N–H and O–H groups in total. The molecule has 0 heterocycles. The summed E-state index contributed by atoms with van der Waals surface area (Å²) in [5, 5.41) is 3.62. The number of hydrogen-bond acceptors (Lipinski definition) is 2. The summed E-state index contributed by atoms with van der Waals surface area (Å²) in [5.41, 5.74) is 1.28. The van der Waals surface area contributed by atoms with E-state index in [0.717, 1.165) is 39.6 Å². The van der Waals surface area contributed by atoms with Gasteiger partial charge in [-0.05, 0) is 87.7 Å². The van der Waals surface area contributed by atoms with Crippen LogP contribution in [0.2, 0.25) is 0 Å². The Balaban J connectivity index is 1.85.